The normalized spacial score (nSPS) is 12.7. The summed E-state index contributed by atoms with van der Waals surface area (Å²) in [5, 5.41) is 23.3. The first-order valence-electron chi connectivity index (χ1n) is 32.6. The smallest absolute Gasteiger partial charge is 0.305 e. The number of hydrogen-bond acceptors (Lipinski definition) is 5. The lowest BCUT2D eigenvalue weighted by Gasteiger charge is -2.22. The summed E-state index contributed by atoms with van der Waals surface area (Å²) in [6.07, 6.45) is 76.3. The van der Waals surface area contributed by atoms with Gasteiger partial charge in [-0.3, -0.25) is 9.59 Å². The number of allylic oxidation sites excluding steroid dienone is 4. The van der Waals surface area contributed by atoms with Crippen molar-refractivity contribution in [3.8, 4) is 0 Å². The third-order valence-corrected chi connectivity index (χ3v) is 15.2. The number of unbranched alkanes of at least 4 members (excludes halogenated alkanes) is 46. The second-order valence-corrected chi connectivity index (χ2v) is 22.4. The predicted molar refractivity (Wildman–Crippen MR) is 315 cm³/mol. The molecule has 0 aromatic heterocycles. The molecule has 0 saturated heterocycles. The van der Waals surface area contributed by atoms with Crippen LogP contribution in [0, 0.1) is 0 Å². The third kappa shape index (κ3) is 57.6. The Morgan fingerprint density at radius 1 is 0.375 bits per heavy atom. The highest BCUT2D eigenvalue weighted by Gasteiger charge is 2.20. The van der Waals surface area contributed by atoms with Crippen LogP contribution >= 0.6 is 0 Å². The van der Waals surface area contributed by atoms with Crippen LogP contribution in [0.3, 0.4) is 0 Å². The number of nitrogens with one attached hydrogen (secondary N) is 1. The highest BCUT2D eigenvalue weighted by Crippen LogP contribution is 2.18. The van der Waals surface area contributed by atoms with Gasteiger partial charge in [0.05, 0.1) is 25.4 Å². The lowest BCUT2D eigenvalue weighted by Crippen LogP contribution is -2.45. The van der Waals surface area contributed by atoms with Gasteiger partial charge in [-0.2, -0.15) is 0 Å². The lowest BCUT2D eigenvalue weighted by molar-refractivity contribution is -0.143. The Bertz CT molecular complexity index is 1120. The minimum absolute atomic E-state index is 0.00503. The number of hydrogen-bond donors (Lipinski definition) is 3. The van der Waals surface area contributed by atoms with Crippen LogP contribution in [0.1, 0.15) is 361 Å². The first kappa shape index (κ1) is 70.3. The van der Waals surface area contributed by atoms with Crippen LogP contribution in [0.25, 0.3) is 0 Å². The molecule has 0 aliphatic heterocycles. The molecule has 72 heavy (non-hydrogen) atoms. The van der Waals surface area contributed by atoms with Crippen molar-refractivity contribution in [2.75, 3.05) is 13.2 Å². The van der Waals surface area contributed by atoms with Crippen LogP contribution in [0.2, 0.25) is 0 Å². The molecule has 0 rings (SSSR count). The Kier molecular flexibility index (Phi) is 60.5. The zero-order valence-corrected chi connectivity index (χ0v) is 48.7. The SMILES string of the molecule is CCCC/C=C\CCCCCCCC(=O)OCCCCCCCCCCCCCC/C=C\CCCCCCCCCCCCCCC(=O)NC(CO)C(O)CCCCCCCCCCCCCCCCCC. The number of carbonyl (C=O) groups excluding carboxylic acids is 2. The number of ether oxygens (including phenoxy) is 1. The Morgan fingerprint density at radius 3 is 1.03 bits per heavy atom. The fraction of sp³-hybridized carbons (Fsp3) is 0.909. The van der Waals surface area contributed by atoms with Crippen molar-refractivity contribution >= 4 is 11.9 Å². The van der Waals surface area contributed by atoms with Crippen molar-refractivity contribution in [3.63, 3.8) is 0 Å². The Labute approximate surface area is 450 Å². The number of carbonyl (C=O) groups is 2. The lowest BCUT2D eigenvalue weighted by atomic mass is 10.0. The van der Waals surface area contributed by atoms with Crippen LogP contribution in [-0.4, -0.2) is 47.4 Å². The van der Waals surface area contributed by atoms with Crippen molar-refractivity contribution in [2.45, 2.75) is 373 Å². The van der Waals surface area contributed by atoms with Crippen molar-refractivity contribution in [1.82, 2.24) is 5.32 Å². The molecule has 0 aliphatic carbocycles. The summed E-state index contributed by atoms with van der Waals surface area (Å²) < 4.78 is 5.46. The summed E-state index contributed by atoms with van der Waals surface area (Å²) in [4.78, 5) is 24.5. The van der Waals surface area contributed by atoms with Gasteiger partial charge >= 0.3 is 5.97 Å². The topological polar surface area (TPSA) is 95.9 Å². The van der Waals surface area contributed by atoms with Crippen molar-refractivity contribution in [3.05, 3.63) is 24.3 Å². The van der Waals surface area contributed by atoms with Gasteiger partial charge in [0, 0.05) is 12.8 Å². The number of esters is 1. The molecule has 6 heteroatoms. The molecule has 0 saturated carbocycles. The van der Waals surface area contributed by atoms with Gasteiger partial charge in [-0.05, 0) is 70.6 Å². The third-order valence-electron chi connectivity index (χ3n) is 15.2. The van der Waals surface area contributed by atoms with Gasteiger partial charge in [-0.25, -0.2) is 0 Å². The molecule has 0 radical (unpaired) electrons. The summed E-state index contributed by atoms with van der Waals surface area (Å²) in [5.41, 5.74) is 0. The molecule has 0 aromatic carbocycles. The van der Waals surface area contributed by atoms with Crippen LogP contribution in [0.5, 0.6) is 0 Å². The second-order valence-electron chi connectivity index (χ2n) is 22.4. The molecule has 3 N–H and O–H groups in total. The average molecular weight is 1010 g/mol. The highest BCUT2D eigenvalue weighted by atomic mass is 16.5. The summed E-state index contributed by atoms with van der Waals surface area (Å²) in [6, 6.07) is -0.541. The second kappa shape index (κ2) is 61.9. The van der Waals surface area contributed by atoms with Gasteiger partial charge in [0.1, 0.15) is 0 Å². The molecule has 1 amide bonds. The average Bonchev–Trinajstić information content (AvgIpc) is 3.38. The van der Waals surface area contributed by atoms with Crippen LogP contribution in [0.4, 0.5) is 0 Å². The van der Waals surface area contributed by atoms with Gasteiger partial charge in [0.15, 0.2) is 0 Å². The van der Waals surface area contributed by atoms with E-state index in [4.69, 9.17) is 4.74 Å². The van der Waals surface area contributed by atoms with Gasteiger partial charge in [-0.15, -0.1) is 0 Å². The van der Waals surface area contributed by atoms with Crippen LogP contribution in [-0.2, 0) is 14.3 Å². The quantitative estimate of drug-likeness (QED) is 0.0320. The van der Waals surface area contributed by atoms with Gasteiger partial charge < -0.3 is 20.3 Å². The highest BCUT2D eigenvalue weighted by molar-refractivity contribution is 5.76. The summed E-state index contributed by atoms with van der Waals surface area (Å²) >= 11 is 0. The zero-order chi connectivity index (χ0) is 52.2. The fourth-order valence-electron chi connectivity index (χ4n) is 10.2. The molecule has 0 bridgehead atoms. The standard InChI is InChI=1S/C66H127NO5/c1-3-5-7-9-11-13-15-16-17-32-35-39-42-46-50-54-58-64(69)63(62-68)67-65(70)59-55-51-47-43-40-36-33-30-28-26-24-22-20-18-19-21-23-25-27-29-31-34-37-41-45-49-53-57-61-72-66(71)60-56-52-48-44-38-14-12-10-8-6-4-2/h10,12,18-19,63-64,68-69H,3-9,11,13-17,20-62H2,1-2H3,(H,67,70)/b12-10-,19-18-. The maximum Gasteiger partial charge on any atom is 0.305 e. The maximum atomic E-state index is 12.5. The molecule has 2 unspecified atom stereocenters. The predicted octanol–water partition coefficient (Wildman–Crippen LogP) is 20.6. The summed E-state index contributed by atoms with van der Waals surface area (Å²) in [7, 11) is 0. The Morgan fingerprint density at radius 2 is 0.667 bits per heavy atom. The number of aliphatic hydroxyl groups is 2. The van der Waals surface area contributed by atoms with E-state index >= 15 is 0 Å². The van der Waals surface area contributed by atoms with E-state index in [9.17, 15) is 19.8 Å². The van der Waals surface area contributed by atoms with E-state index < -0.39 is 12.1 Å². The van der Waals surface area contributed by atoms with E-state index in [2.05, 4.69) is 43.5 Å². The molecule has 6 nitrogen and oxygen atoms in total. The number of rotatable bonds is 61. The number of aliphatic hydroxyl groups excluding tert-OH is 2. The Hall–Kier alpha value is -1.66. The first-order valence-corrected chi connectivity index (χ1v) is 32.6. The summed E-state index contributed by atoms with van der Waals surface area (Å²) in [6.45, 7) is 4.94. The fourth-order valence-corrected chi connectivity index (χ4v) is 10.2. The summed E-state index contributed by atoms with van der Waals surface area (Å²) in [5.74, 6) is -0.0272. The number of amides is 1. The van der Waals surface area contributed by atoms with E-state index in [0.29, 0.717) is 25.9 Å². The molecule has 0 spiro atoms. The minimum Gasteiger partial charge on any atom is -0.466 e. The first-order chi connectivity index (χ1) is 35.5. The molecular weight excluding hydrogens is 887 g/mol. The van der Waals surface area contributed by atoms with Crippen LogP contribution in [0.15, 0.2) is 24.3 Å². The van der Waals surface area contributed by atoms with E-state index in [-0.39, 0.29) is 18.5 Å². The van der Waals surface area contributed by atoms with Crippen molar-refractivity contribution < 1.29 is 24.5 Å². The van der Waals surface area contributed by atoms with Gasteiger partial charge in [0.25, 0.3) is 0 Å². The van der Waals surface area contributed by atoms with Crippen molar-refractivity contribution in [2.24, 2.45) is 0 Å². The van der Waals surface area contributed by atoms with E-state index in [1.54, 1.807) is 0 Å². The molecule has 0 aromatic rings. The largest absolute Gasteiger partial charge is 0.466 e. The van der Waals surface area contributed by atoms with Crippen LogP contribution < -0.4 is 5.32 Å². The molecule has 0 heterocycles. The van der Waals surface area contributed by atoms with E-state index in [1.807, 2.05) is 0 Å². The molecule has 0 aliphatic rings. The van der Waals surface area contributed by atoms with E-state index in [1.165, 1.54) is 283 Å². The maximum absolute atomic E-state index is 12.5. The molecule has 2 atom stereocenters. The zero-order valence-electron chi connectivity index (χ0n) is 48.7. The van der Waals surface area contributed by atoms with Gasteiger partial charge in [-0.1, -0.05) is 301 Å². The monoisotopic (exact) mass is 1010 g/mol. The molecule has 0 fully saturated rings. The van der Waals surface area contributed by atoms with Gasteiger partial charge in [0.2, 0.25) is 5.91 Å². The minimum atomic E-state index is -0.664. The van der Waals surface area contributed by atoms with E-state index in [0.717, 1.165) is 44.9 Å². The molecule has 426 valence electrons. The Balaban J connectivity index is 3.38. The van der Waals surface area contributed by atoms with Crippen molar-refractivity contribution in [1.29, 1.82) is 0 Å². The molecular formula is C66H127NO5.